The highest BCUT2D eigenvalue weighted by Crippen LogP contribution is 2.26. The normalized spacial score (nSPS) is 11.0. The molecule has 3 rings (SSSR count). The molecule has 148 valence electrons. The van der Waals surface area contributed by atoms with Crippen LogP contribution in [-0.4, -0.2) is 44.0 Å². The minimum absolute atomic E-state index is 0.206. The highest BCUT2D eigenvalue weighted by molar-refractivity contribution is 8.01. The van der Waals surface area contributed by atoms with Crippen LogP contribution in [0.5, 0.6) is 0 Å². The zero-order valence-corrected chi connectivity index (χ0v) is 17.6. The van der Waals surface area contributed by atoms with Gasteiger partial charge in [-0.1, -0.05) is 59.4 Å². The largest absolute Gasteiger partial charge is 0.378 e. The molecule has 1 N–H and O–H groups in total. The molecule has 0 spiro atoms. The first-order valence-corrected chi connectivity index (χ1v) is 10.7. The summed E-state index contributed by atoms with van der Waals surface area (Å²) in [5.74, 6) is 0.605. The summed E-state index contributed by atoms with van der Waals surface area (Å²) >= 11 is 3.00. The number of unbranched alkanes of at least 4 members (excludes halogenated alkanes) is 1. The van der Waals surface area contributed by atoms with Gasteiger partial charge >= 0.3 is 0 Å². The number of hydrogen-bond donors (Lipinski definition) is 1. The van der Waals surface area contributed by atoms with Crippen LogP contribution in [0.25, 0.3) is 5.69 Å². The Morgan fingerprint density at radius 2 is 2.04 bits per heavy atom. The van der Waals surface area contributed by atoms with Crippen LogP contribution in [0.1, 0.15) is 41.5 Å². The van der Waals surface area contributed by atoms with Crippen molar-refractivity contribution >= 4 is 34.1 Å². The molecule has 8 nitrogen and oxygen atoms in total. The zero-order chi connectivity index (χ0) is 19.9. The molecule has 0 aliphatic rings. The van der Waals surface area contributed by atoms with Crippen LogP contribution < -0.4 is 5.32 Å². The van der Waals surface area contributed by atoms with Gasteiger partial charge in [-0.05, 0) is 25.5 Å². The fourth-order valence-corrected chi connectivity index (χ4v) is 4.32. The number of anilines is 1. The van der Waals surface area contributed by atoms with Crippen molar-refractivity contribution in [1.82, 2.24) is 25.2 Å². The summed E-state index contributed by atoms with van der Waals surface area (Å²) in [5.41, 5.74) is 2.73. The van der Waals surface area contributed by atoms with Crippen molar-refractivity contribution in [2.24, 2.45) is 0 Å². The number of ether oxygens (including phenoxy) is 1. The number of nitrogens with zero attached hydrogens (tertiary/aromatic N) is 5. The molecule has 0 unspecified atom stereocenters. The van der Waals surface area contributed by atoms with Crippen molar-refractivity contribution in [3.05, 3.63) is 41.2 Å². The van der Waals surface area contributed by atoms with Crippen LogP contribution in [0.3, 0.4) is 0 Å². The van der Waals surface area contributed by atoms with E-state index in [-0.39, 0.29) is 18.2 Å². The Morgan fingerprint density at radius 3 is 2.75 bits per heavy atom. The average molecular weight is 419 g/mol. The van der Waals surface area contributed by atoms with Gasteiger partial charge in [-0.2, -0.15) is 0 Å². The maximum atomic E-state index is 12.7. The number of amides is 1. The number of methoxy groups -OCH3 is 1. The molecule has 0 bridgehead atoms. The molecule has 10 heteroatoms. The number of aromatic nitrogens is 5. The van der Waals surface area contributed by atoms with E-state index in [1.165, 1.54) is 11.3 Å². The lowest BCUT2D eigenvalue weighted by molar-refractivity contribution is 0.101. The van der Waals surface area contributed by atoms with Crippen molar-refractivity contribution in [3.8, 4) is 5.69 Å². The summed E-state index contributed by atoms with van der Waals surface area (Å²) in [6, 6.07) is 7.81. The van der Waals surface area contributed by atoms with E-state index in [4.69, 9.17) is 4.74 Å². The van der Waals surface area contributed by atoms with Crippen molar-refractivity contribution in [1.29, 1.82) is 0 Å². The molecule has 3 aromatic rings. The van der Waals surface area contributed by atoms with Crippen LogP contribution in [0.15, 0.2) is 28.6 Å². The van der Waals surface area contributed by atoms with E-state index in [0.29, 0.717) is 10.8 Å². The fourth-order valence-electron chi connectivity index (χ4n) is 2.42. The zero-order valence-electron chi connectivity index (χ0n) is 16.0. The molecule has 0 saturated carbocycles. The van der Waals surface area contributed by atoms with Crippen molar-refractivity contribution in [2.75, 3.05) is 18.2 Å². The van der Waals surface area contributed by atoms with Gasteiger partial charge in [0.05, 0.1) is 12.3 Å². The van der Waals surface area contributed by atoms with Gasteiger partial charge in [0.15, 0.2) is 10.0 Å². The minimum Gasteiger partial charge on any atom is -0.378 e. The number of carbonyl (C=O) groups excluding carboxylic acids is 1. The second-order valence-corrected chi connectivity index (χ2v) is 8.41. The van der Waals surface area contributed by atoms with Gasteiger partial charge < -0.3 is 4.74 Å². The SMILES string of the molecule is CCCCSc1nnc(NC(=O)c2nnn(-c3ccc(C)cc3)c2COC)s1. The Balaban J connectivity index is 1.77. The quantitative estimate of drug-likeness (QED) is 0.321. The number of nitrogens with one attached hydrogen (secondary N) is 1. The predicted molar refractivity (Wildman–Crippen MR) is 110 cm³/mol. The Kier molecular flexibility index (Phi) is 7.12. The summed E-state index contributed by atoms with van der Waals surface area (Å²) < 4.78 is 7.71. The summed E-state index contributed by atoms with van der Waals surface area (Å²) in [5, 5.41) is 19.6. The van der Waals surface area contributed by atoms with Crippen LogP contribution in [0.2, 0.25) is 0 Å². The molecule has 0 atom stereocenters. The molecule has 0 aliphatic heterocycles. The van der Waals surface area contributed by atoms with Gasteiger partial charge in [0.2, 0.25) is 5.13 Å². The van der Waals surface area contributed by atoms with E-state index >= 15 is 0 Å². The number of thioether (sulfide) groups is 1. The van der Waals surface area contributed by atoms with Crippen LogP contribution in [0.4, 0.5) is 5.13 Å². The summed E-state index contributed by atoms with van der Waals surface area (Å²) in [6.45, 7) is 4.36. The lowest BCUT2D eigenvalue weighted by Gasteiger charge is -2.07. The number of hydrogen-bond acceptors (Lipinski definition) is 8. The molecule has 28 heavy (non-hydrogen) atoms. The van der Waals surface area contributed by atoms with Gasteiger partial charge in [-0.3, -0.25) is 10.1 Å². The van der Waals surface area contributed by atoms with E-state index in [1.54, 1.807) is 23.6 Å². The molecule has 0 aliphatic carbocycles. The third kappa shape index (κ3) is 4.94. The topological polar surface area (TPSA) is 94.8 Å². The summed E-state index contributed by atoms with van der Waals surface area (Å²) in [6.07, 6.45) is 2.25. The van der Waals surface area contributed by atoms with Crippen molar-refractivity contribution in [3.63, 3.8) is 0 Å². The monoisotopic (exact) mass is 418 g/mol. The minimum atomic E-state index is -0.383. The fraction of sp³-hybridized carbons (Fsp3) is 0.389. The van der Waals surface area contributed by atoms with E-state index in [2.05, 4.69) is 32.7 Å². The molecule has 2 aromatic heterocycles. The molecular formula is C18H22N6O2S2. The Morgan fingerprint density at radius 1 is 1.25 bits per heavy atom. The number of aryl methyl sites for hydroxylation is 1. The van der Waals surface area contributed by atoms with E-state index in [0.717, 1.165) is 34.2 Å². The Hall–Kier alpha value is -2.30. The van der Waals surface area contributed by atoms with Crippen LogP contribution >= 0.6 is 23.1 Å². The summed E-state index contributed by atoms with van der Waals surface area (Å²) in [4.78, 5) is 12.7. The van der Waals surface area contributed by atoms with Crippen molar-refractivity contribution in [2.45, 2.75) is 37.6 Å². The Labute approximate surface area is 171 Å². The maximum absolute atomic E-state index is 12.7. The average Bonchev–Trinajstić information content (AvgIpc) is 3.30. The van der Waals surface area contributed by atoms with Crippen LogP contribution in [0, 0.1) is 6.92 Å². The molecule has 2 heterocycles. The third-order valence-corrected chi connectivity index (χ3v) is 5.95. The lowest BCUT2D eigenvalue weighted by atomic mass is 10.2. The van der Waals surface area contributed by atoms with Gasteiger partial charge in [0.1, 0.15) is 5.69 Å². The van der Waals surface area contributed by atoms with Gasteiger partial charge in [-0.25, -0.2) is 4.68 Å². The second-order valence-electron chi connectivity index (χ2n) is 6.09. The smallest absolute Gasteiger partial charge is 0.280 e. The second kappa shape index (κ2) is 9.76. The molecular weight excluding hydrogens is 396 g/mol. The molecule has 0 radical (unpaired) electrons. The van der Waals surface area contributed by atoms with Gasteiger partial charge in [-0.15, -0.1) is 15.3 Å². The van der Waals surface area contributed by atoms with Gasteiger partial charge in [0.25, 0.3) is 5.91 Å². The molecule has 0 saturated heterocycles. The molecule has 1 aromatic carbocycles. The standard InChI is InChI=1S/C18H22N6O2S2/c1-4-5-10-27-18-22-21-17(28-18)19-16(25)15-14(11-26-3)24(23-20-15)13-8-6-12(2)7-9-13/h6-9H,4-5,10-11H2,1-3H3,(H,19,21,25). The van der Waals surface area contributed by atoms with E-state index < -0.39 is 0 Å². The van der Waals surface area contributed by atoms with E-state index in [1.807, 2.05) is 31.2 Å². The summed E-state index contributed by atoms with van der Waals surface area (Å²) in [7, 11) is 1.57. The first-order chi connectivity index (χ1) is 13.6. The van der Waals surface area contributed by atoms with E-state index in [9.17, 15) is 4.79 Å². The van der Waals surface area contributed by atoms with Crippen molar-refractivity contribution < 1.29 is 9.53 Å². The van der Waals surface area contributed by atoms with Gasteiger partial charge in [0, 0.05) is 12.9 Å². The number of carbonyl (C=O) groups is 1. The number of rotatable bonds is 9. The first kappa shape index (κ1) is 20.4. The first-order valence-electron chi connectivity index (χ1n) is 8.90. The maximum Gasteiger partial charge on any atom is 0.280 e. The highest BCUT2D eigenvalue weighted by atomic mass is 32.2. The predicted octanol–water partition coefficient (Wildman–Crippen LogP) is 3.72. The lowest BCUT2D eigenvalue weighted by Crippen LogP contribution is -2.16. The highest BCUT2D eigenvalue weighted by Gasteiger charge is 2.22. The number of benzene rings is 1. The Bertz CT molecular complexity index is 923. The third-order valence-electron chi connectivity index (χ3n) is 3.89. The molecule has 0 fully saturated rings. The van der Waals surface area contributed by atoms with Crippen LogP contribution in [-0.2, 0) is 11.3 Å². The molecule has 1 amide bonds.